The fourth-order valence-corrected chi connectivity index (χ4v) is 2.63. The Morgan fingerprint density at radius 2 is 1.92 bits per heavy atom. The van der Waals surface area contributed by atoms with Crippen LogP contribution in [-0.2, 0) is 4.79 Å². The van der Waals surface area contributed by atoms with E-state index in [0.29, 0.717) is 17.1 Å². The largest absolute Gasteiger partial charge is 0.497 e. The van der Waals surface area contributed by atoms with Gasteiger partial charge in [-0.1, -0.05) is 24.3 Å². The average molecular weight is 339 g/mol. The van der Waals surface area contributed by atoms with Crippen LogP contribution in [0.1, 0.15) is 27.6 Å². The summed E-state index contributed by atoms with van der Waals surface area (Å²) in [4.78, 5) is 38.8. The minimum absolute atomic E-state index is 0.263. The smallest absolute Gasteiger partial charge is 0.270 e. The predicted octanol–water partition coefficient (Wildman–Crippen LogP) is 2.33. The van der Waals surface area contributed by atoms with Crippen LogP contribution in [0, 0.1) is 0 Å². The van der Waals surface area contributed by atoms with Gasteiger partial charge in [0.05, 0.1) is 19.2 Å². The molecule has 2 aromatic carbocycles. The van der Waals surface area contributed by atoms with E-state index in [4.69, 9.17) is 9.47 Å². The molecule has 2 amide bonds. The second kappa shape index (κ2) is 6.76. The molecule has 0 saturated heterocycles. The van der Waals surface area contributed by atoms with Gasteiger partial charge in [0.2, 0.25) is 0 Å². The lowest BCUT2D eigenvalue weighted by Gasteiger charge is -2.19. The molecule has 0 unspecified atom stereocenters. The number of hydrogen-bond acceptors (Lipinski definition) is 5. The molecule has 6 heteroatoms. The zero-order valence-electron chi connectivity index (χ0n) is 13.9. The number of imide groups is 1. The van der Waals surface area contributed by atoms with Gasteiger partial charge < -0.3 is 9.47 Å². The number of Topliss-reactive ketones (excluding diaryl/α,β-unsaturated/α-hetero) is 1. The number of carbonyl (C=O) groups is 3. The number of ketones is 1. The molecule has 1 atom stereocenters. The van der Waals surface area contributed by atoms with E-state index >= 15 is 0 Å². The van der Waals surface area contributed by atoms with Gasteiger partial charge >= 0.3 is 0 Å². The summed E-state index contributed by atoms with van der Waals surface area (Å²) in [5.74, 6) is -0.572. The van der Waals surface area contributed by atoms with Crippen LogP contribution in [0.25, 0.3) is 0 Å². The van der Waals surface area contributed by atoms with Crippen molar-refractivity contribution >= 4 is 17.6 Å². The van der Waals surface area contributed by atoms with Gasteiger partial charge in [-0.2, -0.15) is 0 Å². The SMILES string of the molecule is COc1cccc(C(=O)CN2C(=O)c3ccccc3O[C@@H](C)C2=O)c1. The van der Waals surface area contributed by atoms with E-state index in [1.165, 1.54) is 7.11 Å². The van der Waals surface area contributed by atoms with Crippen LogP contribution in [0.5, 0.6) is 11.5 Å². The Balaban J connectivity index is 1.91. The molecule has 0 spiro atoms. The highest BCUT2D eigenvalue weighted by Gasteiger charge is 2.35. The third-order valence-corrected chi connectivity index (χ3v) is 3.97. The number of amides is 2. The molecule has 0 bridgehead atoms. The van der Waals surface area contributed by atoms with E-state index in [1.807, 2.05) is 0 Å². The Hall–Kier alpha value is -3.15. The lowest BCUT2D eigenvalue weighted by molar-refractivity contribution is -0.134. The first kappa shape index (κ1) is 16.7. The highest BCUT2D eigenvalue weighted by Crippen LogP contribution is 2.25. The maximum Gasteiger partial charge on any atom is 0.270 e. The lowest BCUT2D eigenvalue weighted by atomic mass is 10.1. The van der Waals surface area contributed by atoms with Crippen molar-refractivity contribution in [3.05, 3.63) is 59.7 Å². The van der Waals surface area contributed by atoms with Gasteiger partial charge in [0, 0.05) is 5.56 Å². The quantitative estimate of drug-likeness (QED) is 0.631. The van der Waals surface area contributed by atoms with Gasteiger partial charge in [0.15, 0.2) is 11.9 Å². The van der Waals surface area contributed by atoms with Crippen molar-refractivity contribution in [1.82, 2.24) is 4.90 Å². The molecule has 0 fully saturated rings. The van der Waals surface area contributed by atoms with E-state index in [-0.39, 0.29) is 17.9 Å². The number of para-hydroxylation sites is 1. The molecule has 1 aliphatic heterocycles. The second-order valence-electron chi connectivity index (χ2n) is 5.64. The third kappa shape index (κ3) is 3.24. The maximum atomic E-state index is 12.7. The molecular weight excluding hydrogens is 322 g/mol. The summed E-state index contributed by atoms with van der Waals surface area (Å²) in [7, 11) is 1.50. The summed E-state index contributed by atoms with van der Waals surface area (Å²) in [6, 6.07) is 13.2. The standard InChI is InChI=1S/C19H17NO5/c1-12-18(22)20(19(23)15-8-3-4-9-17(15)25-12)11-16(21)13-6-5-7-14(10-13)24-2/h3-10,12H,11H2,1-2H3/t12-/m0/s1. The van der Waals surface area contributed by atoms with Crippen molar-refractivity contribution in [1.29, 1.82) is 0 Å². The molecule has 1 heterocycles. The number of carbonyl (C=O) groups excluding carboxylic acids is 3. The highest BCUT2D eigenvalue weighted by atomic mass is 16.5. The summed E-state index contributed by atoms with van der Waals surface area (Å²) < 4.78 is 10.7. The Kier molecular flexibility index (Phi) is 4.52. The van der Waals surface area contributed by atoms with Crippen LogP contribution in [0.3, 0.4) is 0 Å². The number of fused-ring (bicyclic) bond motifs is 1. The number of methoxy groups -OCH3 is 1. The number of rotatable bonds is 4. The average Bonchev–Trinajstić information content (AvgIpc) is 2.72. The summed E-state index contributed by atoms with van der Waals surface area (Å²) in [5, 5.41) is 0. The van der Waals surface area contributed by atoms with Gasteiger partial charge in [0.1, 0.15) is 11.5 Å². The molecule has 0 saturated carbocycles. The van der Waals surface area contributed by atoms with E-state index in [0.717, 1.165) is 4.90 Å². The van der Waals surface area contributed by atoms with Crippen molar-refractivity contribution in [3.8, 4) is 11.5 Å². The van der Waals surface area contributed by atoms with E-state index in [2.05, 4.69) is 0 Å². The summed E-state index contributed by atoms with van der Waals surface area (Å²) in [5.41, 5.74) is 0.629. The Morgan fingerprint density at radius 1 is 1.16 bits per heavy atom. The summed E-state index contributed by atoms with van der Waals surface area (Å²) in [6.45, 7) is 1.20. The molecule has 128 valence electrons. The first-order valence-electron chi connectivity index (χ1n) is 7.80. The molecule has 2 aromatic rings. The summed E-state index contributed by atoms with van der Waals surface area (Å²) >= 11 is 0. The molecule has 3 rings (SSSR count). The predicted molar refractivity (Wildman–Crippen MR) is 89.9 cm³/mol. The zero-order chi connectivity index (χ0) is 18.0. The number of nitrogens with zero attached hydrogens (tertiary/aromatic N) is 1. The van der Waals surface area contributed by atoms with E-state index < -0.39 is 17.9 Å². The van der Waals surface area contributed by atoms with Gasteiger partial charge in [-0.05, 0) is 31.2 Å². The first-order valence-corrected chi connectivity index (χ1v) is 7.80. The number of benzene rings is 2. The normalized spacial score (nSPS) is 16.7. The molecule has 0 N–H and O–H groups in total. The van der Waals surface area contributed by atoms with Gasteiger partial charge in [-0.25, -0.2) is 0 Å². The Morgan fingerprint density at radius 3 is 2.68 bits per heavy atom. The van der Waals surface area contributed by atoms with Crippen LogP contribution in [0.15, 0.2) is 48.5 Å². The Labute approximate surface area is 145 Å². The van der Waals surface area contributed by atoms with Crippen LogP contribution >= 0.6 is 0 Å². The first-order chi connectivity index (χ1) is 12.0. The second-order valence-corrected chi connectivity index (χ2v) is 5.64. The fraction of sp³-hybridized carbons (Fsp3) is 0.211. The van der Waals surface area contributed by atoms with Crippen LogP contribution in [0.2, 0.25) is 0 Å². The molecule has 25 heavy (non-hydrogen) atoms. The molecule has 0 radical (unpaired) electrons. The Bertz CT molecular complexity index is 845. The highest BCUT2D eigenvalue weighted by molar-refractivity contribution is 6.12. The van der Waals surface area contributed by atoms with Crippen molar-refractivity contribution in [2.75, 3.05) is 13.7 Å². The minimum atomic E-state index is -0.856. The van der Waals surface area contributed by atoms with Crippen molar-refractivity contribution in [2.45, 2.75) is 13.0 Å². The van der Waals surface area contributed by atoms with Crippen LogP contribution in [-0.4, -0.2) is 42.3 Å². The van der Waals surface area contributed by atoms with Crippen molar-refractivity contribution < 1.29 is 23.9 Å². The van der Waals surface area contributed by atoms with Crippen LogP contribution < -0.4 is 9.47 Å². The molecular formula is C19H17NO5. The maximum absolute atomic E-state index is 12.7. The lowest BCUT2D eigenvalue weighted by Crippen LogP contribution is -2.44. The topological polar surface area (TPSA) is 72.9 Å². The van der Waals surface area contributed by atoms with E-state index in [1.54, 1.807) is 55.5 Å². The molecule has 0 aromatic heterocycles. The molecule has 1 aliphatic rings. The zero-order valence-corrected chi connectivity index (χ0v) is 13.9. The van der Waals surface area contributed by atoms with Gasteiger partial charge in [0.25, 0.3) is 11.8 Å². The van der Waals surface area contributed by atoms with Crippen LogP contribution in [0.4, 0.5) is 0 Å². The van der Waals surface area contributed by atoms with Crippen molar-refractivity contribution in [3.63, 3.8) is 0 Å². The molecule has 6 nitrogen and oxygen atoms in total. The number of ether oxygens (including phenoxy) is 2. The number of hydrogen-bond donors (Lipinski definition) is 0. The van der Waals surface area contributed by atoms with Gasteiger partial charge in [-0.3, -0.25) is 19.3 Å². The summed E-state index contributed by atoms with van der Waals surface area (Å²) in [6.07, 6.45) is -0.856. The minimum Gasteiger partial charge on any atom is -0.497 e. The van der Waals surface area contributed by atoms with Gasteiger partial charge in [-0.15, -0.1) is 0 Å². The third-order valence-electron chi connectivity index (χ3n) is 3.97. The molecule has 0 aliphatic carbocycles. The van der Waals surface area contributed by atoms with E-state index in [9.17, 15) is 14.4 Å². The van der Waals surface area contributed by atoms with Crippen molar-refractivity contribution in [2.24, 2.45) is 0 Å². The fourth-order valence-electron chi connectivity index (χ4n) is 2.63. The monoisotopic (exact) mass is 339 g/mol.